The minimum atomic E-state index is -0.396. The highest BCUT2D eigenvalue weighted by molar-refractivity contribution is 5.67. The van der Waals surface area contributed by atoms with Crippen LogP contribution in [0.1, 0.15) is 17.7 Å². The number of nitrogens with one attached hydrogen (secondary N) is 1. The maximum absolute atomic E-state index is 11.6. The van der Waals surface area contributed by atoms with E-state index in [-0.39, 0.29) is 12.2 Å². The van der Waals surface area contributed by atoms with Crippen molar-refractivity contribution in [3.05, 3.63) is 46.0 Å². The molecule has 0 saturated heterocycles. The first kappa shape index (κ1) is 14.8. The van der Waals surface area contributed by atoms with Gasteiger partial charge in [-0.3, -0.25) is 4.79 Å². The molecule has 0 radical (unpaired) electrons. The van der Waals surface area contributed by atoms with Crippen LogP contribution >= 0.6 is 0 Å². The van der Waals surface area contributed by atoms with Crippen molar-refractivity contribution >= 4 is 0 Å². The molecule has 108 valence electrons. The quantitative estimate of drug-likeness (QED) is 0.808. The third-order valence-electron chi connectivity index (χ3n) is 2.96. The lowest BCUT2D eigenvalue weighted by Crippen LogP contribution is -2.12. The van der Waals surface area contributed by atoms with Crippen LogP contribution in [-0.4, -0.2) is 28.3 Å². The first-order valence-electron chi connectivity index (χ1n) is 6.50. The third-order valence-corrected chi connectivity index (χ3v) is 2.96. The summed E-state index contributed by atoms with van der Waals surface area (Å²) in [6.45, 7) is 2.20. The molecule has 21 heavy (non-hydrogen) atoms. The Kier molecular flexibility index (Phi) is 4.69. The molecule has 6 nitrogen and oxygen atoms in total. The smallest absolute Gasteiger partial charge is 0.266 e. The molecule has 6 heteroatoms. The van der Waals surface area contributed by atoms with Gasteiger partial charge in [0, 0.05) is 36.5 Å². The van der Waals surface area contributed by atoms with E-state index in [0.717, 1.165) is 11.1 Å². The Morgan fingerprint density at radius 1 is 1.48 bits per heavy atom. The number of aliphatic hydroxyl groups is 1. The van der Waals surface area contributed by atoms with Crippen LogP contribution in [-0.2, 0) is 0 Å². The zero-order valence-corrected chi connectivity index (χ0v) is 11.6. The van der Waals surface area contributed by atoms with E-state index < -0.39 is 5.56 Å². The lowest BCUT2D eigenvalue weighted by Gasteiger charge is -2.09. The second kappa shape index (κ2) is 6.68. The summed E-state index contributed by atoms with van der Waals surface area (Å²) in [4.78, 5) is 18.3. The molecule has 2 heterocycles. The van der Waals surface area contributed by atoms with Gasteiger partial charge < -0.3 is 14.8 Å². The predicted molar refractivity (Wildman–Crippen MR) is 76.9 cm³/mol. The molecule has 0 aliphatic rings. The molecular weight excluding hydrogens is 270 g/mol. The van der Waals surface area contributed by atoms with Gasteiger partial charge in [0.2, 0.25) is 5.88 Å². The summed E-state index contributed by atoms with van der Waals surface area (Å²) in [6, 6.07) is 6.94. The van der Waals surface area contributed by atoms with Crippen LogP contribution in [0.4, 0.5) is 0 Å². The van der Waals surface area contributed by atoms with Crippen LogP contribution in [0.5, 0.6) is 5.88 Å². The van der Waals surface area contributed by atoms with Crippen molar-refractivity contribution in [3.8, 4) is 23.1 Å². The van der Waals surface area contributed by atoms with Gasteiger partial charge in [-0.2, -0.15) is 5.26 Å². The lowest BCUT2D eigenvalue weighted by molar-refractivity contribution is 0.229. The monoisotopic (exact) mass is 285 g/mol. The second-order valence-corrected chi connectivity index (χ2v) is 4.47. The molecule has 0 aromatic carbocycles. The van der Waals surface area contributed by atoms with Gasteiger partial charge in [-0.25, -0.2) is 4.98 Å². The highest BCUT2D eigenvalue weighted by Crippen LogP contribution is 2.24. The fourth-order valence-electron chi connectivity index (χ4n) is 1.90. The summed E-state index contributed by atoms with van der Waals surface area (Å²) >= 11 is 0. The first-order chi connectivity index (χ1) is 10.2. The van der Waals surface area contributed by atoms with E-state index in [1.54, 1.807) is 31.3 Å². The summed E-state index contributed by atoms with van der Waals surface area (Å²) in [5.74, 6) is 0.435. The summed E-state index contributed by atoms with van der Waals surface area (Å²) < 4.78 is 5.42. The Hall–Kier alpha value is -2.65. The van der Waals surface area contributed by atoms with Crippen LogP contribution in [0.3, 0.4) is 0 Å². The van der Waals surface area contributed by atoms with Crippen LogP contribution in [0.25, 0.3) is 11.1 Å². The molecule has 0 fully saturated rings. The molecule has 0 aliphatic heterocycles. The van der Waals surface area contributed by atoms with Gasteiger partial charge in [0.25, 0.3) is 5.56 Å². The number of aromatic nitrogens is 2. The average molecular weight is 285 g/mol. The molecule has 0 spiro atoms. The number of nitriles is 1. The molecule has 2 rings (SSSR count). The number of hydrogen-bond acceptors (Lipinski definition) is 5. The predicted octanol–water partition coefficient (Wildman–Crippen LogP) is 1.38. The van der Waals surface area contributed by atoms with E-state index in [0.29, 0.717) is 24.6 Å². The van der Waals surface area contributed by atoms with Crippen molar-refractivity contribution in [1.82, 2.24) is 9.97 Å². The SMILES string of the molecule is Cc1[nH]c(=O)c(C#N)cc1-c1ccnc(OCCCO)c1. The molecule has 0 bridgehead atoms. The molecule has 0 aliphatic carbocycles. The van der Waals surface area contributed by atoms with Crippen molar-refractivity contribution in [2.24, 2.45) is 0 Å². The van der Waals surface area contributed by atoms with Gasteiger partial charge in [0.15, 0.2) is 0 Å². The van der Waals surface area contributed by atoms with Crippen LogP contribution in [0.15, 0.2) is 29.2 Å². The number of nitrogens with zero attached hydrogens (tertiary/aromatic N) is 2. The molecular formula is C15H15N3O3. The Bertz CT molecular complexity index is 732. The standard InChI is InChI=1S/C15H15N3O3/c1-10-13(7-12(9-16)15(20)18-10)11-3-4-17-14(8-11)21-6-2-5-19/h3-4,7-8,19H,2,5-6H2,1H3,(H,18,20). The second-order valence-electron chi connectivity index (χ2n) is 4.47. The summed E-state index contributed by atoms with van der Waals surface area (Å²) in [7, 11) is 0. The number of H-pyrrole nitrogens is 1. The number of hydrogen-bond donors (Lipinski definition) is 2. The van der Waals surface area contributed by atoms with E-state index in [2.05, 4.69) is 9.97 Å². The van der Waals surface area contributed by atoms with Crippen LogP contribution in [0, 0.1) is 18.3 Å². The van der Waals surface area contributed by atoms with E-state index in [1.807, 2.05) is 6.07 Å². The van der Waals surface area contributed by atoms with Gasteiger partial charge >= 0.3 is 0 Å². The fraction of sp³-hybridized carbons (Fsp3) is 0.267. The number of aryl methyl sites for hydroxylation is 1. The minimum Gasteiger partial charge on any atom is -0.478 e. The Balaban J connectivity index is 2.36. The van der Waals surface area contributed by atoms with Gasteiger partial charge in [-0.1, -0.05) is 0 Å². The van der Waals surface area contributed by atoms with E-state index in [1.165, 1.54) is 0 Å². The van der Waals surface area contributed by atoms with Gasteiger partial charge in [-0.05, 0) is 24.6 Å². The Morgan fingerprint density at radius 3 is 3.00 bits per heavy atom. The fourth-order valence-corrected chi connectivity index (χ4v) is 1.90. The van der Waals surface area contributed by atoms with E-state index >= 15 is 0 Å². The Labute approximate surface area is 121 Å². The molecule has 2 aromatic rings. The van der Waals surface area contributed by atoms with Crippen LogP contribution < -0.4 is 10.3 Å². The molecule has 0 unspecified atom stereocenters. The maximum Gasteiger partial charge on any atom is 0.266 e. The maximum atomic E-state index is 11.6. The number of aliphatic hydroxyl groups excluding tert-OH is 1. The summed E-state index contributed by atoms with van der Waals surface area (Å²) in [6.07, 6.45) is 2.13. The minimum absolute atomic E-state index is 0.0598. The third kappa shape index (κ3) is 3.46. The number of rotatable bonds is 5. The van der Waals surface area contributed by atoms with E-state index in [4.69, 9.17) is 15.1 Å². The van der Waals surface area contributed by atoms with Gasteiger partial charge in [0.05, 0.1) is 6.61 Å². The van der Waals surface area contributed by atoms with Crippen molar-refractivity contribution in [3.63, 3.8) is 0 Å². The normalized spacial score (nSPS) is 10.1. The average Bonchev–Trinajstić information content (AvgIpc) is 2.48. The summed E-state index contributed by atoms with van der Waals surface area (Å²) in [5.41, 5.74) is 1.89. The molecule has 0 amide bonds. The van der Waals surface area contributed by atoms with Crippen molar-refractivity contribution < 1.29 is 9.84 Å². The lowest BCUT2D eigenvalue weighted by atomic mass is 10.0. The topological polar surface area (TPSA) is 99.0 Å². The molecule has 0 saturated carbocycles. The molecule has 2 N–H and O–H groups in total. The highest BCUT2D eigenvalue weighted by atomic mass is 16.5. The van der Waals surface area contributed by atoms with Crippen molar-refractivity contribution in [2.75, 3.05) is 13.2 Å². The number of ether oxygens (including phenoxy) is 1. The number of pyridine rings is 2. The van der Waals surface area contributed by atoms with Gasteiger partial charge in [0.1, 0.15) is 11.6 Å². The zero-order chi connectivity index (χ0) is 15.2. The van der Waals surface area contributed by atoms with Gasteiger partial charge in [-0.15, -0.1) is 0 Å². The molecule has 2 aromatic heterocycles. The molecule has 0 atom stereocenters. The number of aromatic amines is 1. The van der Waals surface area contributed by atoms with Crippen molar-refractivity contribution in [1.29, 1.82) is 5.26 Å². The highest BCUT2D eigenvalue weighted by Gasteiger charge is 2.09. The van der Waals surface area contributed by atoms with E-state index in [9.17, 15) is 4.79 Å². The largest absolute Gasteiger partial charge is 0.478 e. The Morgan fingerprint density at radius 2 is 2.29 bits per heavy atom. The zero-order valence-electron chi connectivity index (χ0n) is 11.6. The first-order valence-corrected chi connectivity index (χ1v) is 6.50. The van der Waals surface area contributed by atoms with Crippen molar-refractivity contribution in [2.45, 2.75) is 13.3 Å². The summed E-state index contributed by atoms with van der Waals surface area (Å²) in [5, 5.41) is 17.7. The van der Waals surface area contributed by atoms with Crippen LogP contribution in [0.2, 0.25) is 0 Å².